The van der Waals surface area contributed by atoms with Gasteiger partial charge in [0.15, 0.2) is 0 Å². The molecule has 0 fully saturated rings. The number of rotatable bonds is 11. The Morgan fingerprint density at radius 3 is 2.74 bits per heavy atom. The lowest BCUT2D eigenvalue weighted by atomic mass is 10.1. The van der Waals surface area contributed by atoms with Crippen LogP contribution in [0.1, 0.15) is 34.6 Å². The van der Waals surface area contributed by atoms with E-state index in [4.69, 9.17) is 9.72 Å². The van der Waals surface area contributed by atoms with Crippen LogP contribution in [-0.4, -0.2) is 22.1 Å². The number of hydrogen-bond donors (Lipinski definition) is 1. The molecule has 4 aromatic rings. The molecule has 5 nitrogen and oxygen atoms in total. The molecule has 1 heterocycles. The van der Waals surface area contributed by atoms with Gasteiger partial charge in [0.1, 0.15) is 11.6 Å². The number of allylic oxidation sites excluding steroid dienone is 1. The lowest BCUT2D eigenvalue weighted by Crippen LogP contribution is -2.24. The second-order valence-electron chi connectivity index (χ2n) is 8.02. The zero-order valence-corrected chi connectivity index (χ0v) is 20.6. The van der Waals surface area contributed by atoms with E-state index in [1.165, 1.54) is 0 Å². The van der Waals surface area contributed by atoms with E-state index in [0.717, 1.165) is 58.5 Å². The van der Waals surface area contributed by atoms with Gasteiger partial charge in [-0.25, -0.2) is 4.98 Å². The van der Waals surface area contributed by atoms with Crippen molar-refractivity contribution >= 4 is 32.9 Å². The number of nitrogens with zero attached hydrogens (tertiary/aromatic N) is 2. The minimum Gasteiger partial charge on any atom is -0.493 e. The van der Waals surface area contributed by atoms with Crippen LogP contribution in [0.2, 0.25) is 0 Å². The molecule has 1 N–H and O–H groups in total. The molecule has 0 saturated heterocycles. The SMILES string of the molecule is C=CCc1ccccc1OCCCCn1c(CNC(=O)c2cccc(Br)c2)nc2ccccc21. The van der Waals surface area contributed by atoms with Crippen molar-refractivity contribution in [3.8, 4) is 5.75 Å². The van der Waals surface area contributed by atoms with Gasteiger partial charge in [0.05, 0.1) is 24.2 Å². The molecule has 4 rings (SSSR count). The molecule has 1 amide bonds. The number of para-hydroxylation sites is 3. The number of amides is 1. The molecule has 174 valence electrons. The average molecular weight is 518 g/mol. The summed E-state index contributed by atoms with van der Waals surface area (Å²) in [6.07, 6.45) is 4.55. The summed E-state index contributed by atoms with van der Waals surface area (Å²) in [6.45, 7) is 5.64. The number of ether oxygens (including phenoxy) is 1. The molecule has 0 spiro atoms. The van der Waals surface area contributed by atoms with E-state index < -0.39 is 0 Å². The minimum atomic E-state index is -0.119. The number of benzene rings is 3. The lowest BCUT2D eigenvalue weighted by molar-refractivity contribution is 0.0949. The number of aryl methyl sites for hydroxylation is 1. The fourth-order valence-electron chi connectivity index (χ4n) is 3.92. The fourth-order valence-corrected chi connectivity index (χ4v) is 4.32. The number of imidazole rings is 1. The summed E-state index contributed by atoms with van der Waals surface area (Å²) in [5.74, 6) is 1.65. The van der Waals surface area contributed by atoms with Crippen LogP contribution in [0.3, 0.4) is 0 Å². The summed E-state index contributed by atoms with van der Waals surface area (Å²) in [5.41, 5.74) is 3.78. The van der Waals surface area contributed by atoms with Gasteiger partial charge in [-0.2, -0.15) is 0 Å². The van der Waals surface area contributed by atoms with E-state index in [1.54, 1.807) is 6.07 Å². The Labute approximate surface area is 208 Å². The van der Waals surface area contributed by atoms with Crippen molar-refractivity contribution in [2.45, 2.75) is 32.4 Å². The third-order valence-electron chi connectivity index (χ3n) is 5.60. The van der Waals surface area contributed by atoms with Gasteiger partial charge in [0.25, 0.3) is 5.91 Å². The molecule has 0 aliphatic carbocycles. The Balaban J connectivity index is 1.37. The van der Waals surface area contributed by atoms with Gasteiger partial charge in [0, 0.05) is 16.6 Å². The Hall–Kier alpha value is -3.38. The number of carbonyl (C=O) groups excluding carboxylic acids is 1. The molecule has 3 aromatic carbocycles. The lowest BCUT2D eigenvalue weighted by Gasteiger charge is -2.12. The van der Waals surface area contributed by atoms with Crippen molar-refractivity contribution in [3.63, 3.8) is 0 Å². The maximum absolute atomic E-state index is 12.6. The van der Waals surface area contributed by atoms with Crippen LogP contribution in [0.5, 0.6) is 5.75 Å². The van der Waals surface area contributed by atoms with Gasteiger partial charge < -0.3 is 14.6 Å². The molecular weight excluding hydrogens is 490 g/mol. The standard InChI is InChI=1S/C28H28BrN3O2/c1-2-10-21-11-3-6-16-26(21)34-18-8-7-17-32-25-15-5-4-14-24(25)31-27(32)20-30-28(33)22-12-9-13-23(29)19-22/h2-6,9,11-16,19H,1,7-8,10,17-18,20H2,(H,30,33). The first-order valence-electron chi connectivity index (χ1n) is 11.4. The predicted molar refractivity (Wildman–Crippen MR) is 140 cm³/mol. The Morgan fingerprint density at radius 1 is 1.06 bits per heavy atom. The van der Waals surface area contributed by atoms with Crippen molar-refractivity contribution in [1.29, 1.82) is 0 Å². The molecule has 0 unspecified atom stereocenters. The van der Waals surface area contributed by atoms with Gasteiger partial charge in [-0.05, 0) is 61.2 Å². The van der Waals surface area contributed by atoms with Gasteiger partial charge in [-0.15, -0.1) is 6.58 Å². The van der Waals surface area contributed by atoms with Gasteiger partial charge >= 0.3 is 0 Å². The highest BCUT2D eigenvalue weighted by Gasteiger charge is 2.13. The number of halogens is 1. The molecular formula is C28H28BrN3O2. The van der Waals surface area contributed by atoms with Crippen molar-refractivity contribution in [2.75, 3.05) is 6.61 Å². The second kappa shape index (κ2) is 11.7. The molecule has 34 heavy (non-hydrogen) atoms. The van der Waals surface area contributed by atoms with E-state index in [2.05, 4.69) is 44.5 Å². The molecule has 0 saturated carbocycles. The van der Waals surface area contributed by atoms with Crippen molar-refractivity contribution < 1.29 is 9.53 Å². The first-order valence-corrected chi connectivity index (χ1v) is 12.2. The van der Waals surface area contributed by atoms with Crippen LogP contribution >= 0.6 is 15.9 Å². The van der Waals surface area contributed by atoms with Crippen molar-refractivity contribution in [2.24, 2.45) is 0 Å². The first-order chi connectivity index (χ1) is 16.7. The van der Waals surface area contributed by atoms with Crippen LogP contribution in [0, 0.1) is 0 Å². The van der Waals surface area contributed by atoms with E-state index in [1.807, 2.05) is 60.7 Å². The van der Waals surface area contributed by atoms with Crippen molar-refractivity contribution in [3.05, 3.63) is 107 Å². The summed E-state index contributed by atoms with van der Waals surface area (Å²) in [7, 11) is 0. The number of hydrogen-bond acceptors (Lipinski definition) is 3. The molecule has 0 aliphatic rings. The normalized spacial score (nSPS) is 10.9. The highest BCUT2D eigenvalue weighted by Crippen LogP contribution is 2.20. The largest absolute Gasteiger partial charge is 0.493 e. The second-order valence-corrected chi connectivity index (χ2v) is 8.93. The van der Waals surface area contributed by atoms with Gasteiger partial charge in [-0.1, -0.05) is 58.4 Å². The summed E-state index contributed by atoms with van der Waals surface area (Å²) in [4.78, 5) is 17.4. The maximum atomic E-state index is 12.6. The van der Waals surface area contributed by atoms with E-state index in [-0.39, 0.29) is 5.91 Å². The number of nitrogens with one attached hydrogen (secondary N) is 1. The third kappa shape index (κ3) is 5.94. The Morgan fingerprint density at radius 2 is 1.88 bits per heavy atom. The first kappa shape index (κ1) is 23.8. The van der Waals surface area contributed by atoms with Crippen LogP contribution in [0.25, 0.3) is 11.0 Å². The minimum absolute atomic E-state index is 0.119. The third-order valence-corrected chi connectivity index (χ3v) is 6.09. The highest BCUT2D eigenvalue weighted by atomic mass is 79.9. The summed E-state index contributed by atoms with van der Waals surface area (Å²) >= 11 is 3.42. The maximum Gasteiger partial charge on any atom is 0.251 e. The fraction of sp³-hybridized carbons (Fsp3) is 0.214. The molecule has 0 atom stereocenters. The van der Waals surface area contributed by atoms with Crippen LogP contribution < -0.4 is 10.1 Å². The number of aromatic nitrogens is 2. The molecule has 0 radical (unpaired) electrons. The average Bonchev–Trinajstić information content (AvgIpc) is 3.21. The molecule has 0 aliphatic heterocycles. The topological polar surface area (TPSA) is 56.1 Å². The Kier molecular flexibility index (Phi) is 8.15. The van der Waals surface area contributed by atoms with Crippen LogP contribution in [0.4, 0.5) is 0 Å². The number of fused-ring (bicyclic) bond motifs is 1. The predicted octanol–water partition coefficient (Wildman–Crippen LogP) is 6.32. The van der Waals surface area contributed by atoms with E-state index >= 15 is 0 Å². The quantitative estimate of drug-likeness (QED) is 0.187. The zero-order valence-electron chi connectivity index (χ0n) is 19.0. The molecule has 6 heteroatoms. The van der Waals surface area contributed by atoms with Crippen molar-refractivity contribution in [1.82, 2.24) is 14.9 Å². The van der Waals surface area contributed by atoms with Gasteiger partial charge in [-0.3, -0.25) is 4.79 Å². The summed E-state index contributed by atoms with van der Waals surface area (Å²) in [5, 5.41) is 3.01. The zero-order chi connectivity index (χ0) is 23.8. The van der Waals surface area contributed by atoms with Crippen LogP contribution in [-0.2, 0) is 19.5 Å². The molecule has 0 bridgehead atoms. The summed E-state index contributed by atoms with van der Waals surface area (Å²) < 4.78 is 9.10. The Bertz CT molecular complexity index is 1280. The van der Waals surface area contributed by atoms with Crippen LogP contribution in [0.15, 0.2) is 89.9 Å². The smallest absolute Gasteiger partial charge is 0.251 e. The monoisotopic (exact) mass is 517 g/mol. The van der Waals surface area contributed by atoms with Gasteiger partial charge in [0.2, 0.25) is 0 Å². The summed E-state index contributed by atoms with van der Waals surface area (Å²) in [6, 6.07) is 23.5. The number of carbonyl (C=O) groups is 1. The molecule has 1 aromatic heterocycles. The number of unbranched alkanes of at least 4 members (excludes halogenated alkanes) is 1. The van der Waals surface area contributed by atoms with E-state index in [0.29, 0.717) is 18.7 Å². The van der Waals surface area contributed by atoms with E-state index in [9.17, 15) is 4.79 Å². The highest BCUT2D eigenvalue weighted by molar-refractivity contribution is 9.10.